The highest BCUT2D eigenvalue weighted by molar-refractivity contribution is 5.21. The van der Waals surface area contributed by atoms with Crippen molar-refractivity contribution in [3.8, 4) is 0 Å². The third-order valence-electron chi connectivity index (χ3n) is 3.15. The van der Waals surface area contributed by atoms with Gasteiger partial charge >= 0.3 is 0 Å². The average molecular weight is 253 g/mol. The monoisotopic (exact) mass is 253 g/mol. The summed E-state index contributed by atoms with van der Waals surface area (Å²) in [4.78, 5) is 0. The lowest BCUT2D eigenvalue weighted by atomic mass is 10.0. The van der Waals surface area contributed by atoms with Crippen molar-refractivity contribution < 1.29 is 13.9 Å². The first-order valence-electron chi connectivity index (χ1n) is 6.51. The van der Waals surface area contributed by atoms with Crippen LogP contribution >= 0.6 is 0 Å². The van der Waals surface area contributed by atoms with Crippen LogP contribution in [0.4, 0.5) is 4.39 Å². The van der Waals surface area contributed by atoms with E-state index in [1.807, 2.05) is 0 Å². The van der Waals surface area contributed by atoms with Gasteiger partial charge in [0.15, 0.2) is 5.79 Å². The Labute approximate surface area is 107 Å². The van der Waals surface area contributed by atoms with Crippen molar-refractivity contribution in [2.75, 3.05) is 26.3 Å². The van der Waals surface area contributed by atoms with E-state index in [4.69, 9.17) is 9.47 Å². The van der Waals surface area contributed by atoms with Crippen LogP contribution < -0.4 is 5.32 Å². The van der Waals surface area contributed by atoms with E-state index in [-0.39, 0.29) is 5.82 Å². The van der Waals surface area contributed by atoms with E-state index in [1.165, 1.54) is 12.1 Å². The van der Waals surface area contributed by atoms with E-state index in [0.717, 1.165) is 31.5 Å². The fourth-order valence-electron chi connectivity index (χ4n) is 2.24. The molecule has 1 saturated heterocycles. The largest absolute Gasteiger partial charge is 0.343 e. The fraction of sp³-hybridized carbons (Fsp3) is 0.571. The summed E-state index contributed by atoms with van der Waals surface area (Å²) in [5.41, 5.74) is 0.901. The minimum Gasteiger partial charge on any atom is -0.343 e. The summed E-state index contributed by atoms with van der Waals surface area (Å²) in [6.45, 7) is 5.17. The molecule has 3 nitrogen and oxygen atoms in total. The topological polar surface area (TPSA) is 30.5 Å². The molecule has 0 aromatic heterocycles. The van der Waals surface area contributed by atoms with Gasteiger partial charge in [-0.2, -0.15) is 0 Å². The third kappa shape index (κ3) is 3.07. The van der Waals surface area contributed by atoms with E-state index in [9.17, 15) is 4.39 Å². The summed E-state index contributed by atoms with van der Waals surface area (Å²) in [5, 5.41) is 3.28. The Morgan fingerprint density at radius 3 is 2.50 bits per heavy atom. The zero-order chi connectivity index (χ0) is 12.8. The van der Waals surface area contributed by atoms with Crippen LogP contribution in [0.3, 0.4) is 0 Å². The molecule has 0 saturated carbocycles. The Balaban J connectivity index is 2.04. The van der Waals surface area contributed by atoms with Gasteiger partial charge in [-0.1, -0.05) is 19.1 Å². The van der Waals surface area contributed by atoms with Crippen LogP contribution in [0, 0.1) is 5.82 Å². The van der Waals surface area contributed by atoms with Crippen molar-refractivity contribution in [1.29, 1.82) is 0 Å². The molecule has 100 valence electrons. The number of benzene rings is 1. The second-order valence-electron chi connectivity index (χ2n) is 4.41. The lowest BCUT2D eigenvalue weighted by molar-refractivity contribution is -0.171. The summed E-state index contributed by atoms with van der Waals surface area (Å²) in [5.74, 6) is -0.914. The molecule has 0 atom stereocenters. The number of rotatable bonds is 6. The Hall–Kier alpha value is -0.970. The Kier molecular flexibility index (Phi) is 4.69. The van der Waals surface area contributed by atoms with Gasteiger partial charge in [0.05, 0.1) is 13.2 Å². The lowest BCUT2D eigenvalue weighted by Gasteiger charge is -2.28. The summed E-state index contributed by atoms with van der Waals surface area (Å²) in [6.07, 6.45) is 1.75. The number of ether oxygens (including phenoxy) is 2. The number of hydrogen-bond donors (Lipinski definition) is 1. The molecule has 1 N–H and O–H groups in total. The molecule has 1 fully saturated rings. The maximum Gasteiger partial charge on any atom is 0.195 e. The Morgan fingerprint density at radius 2 is 1.89 bits per heavy atom. The molecule has 0 amide bonds. The zero-order valence-corrected chi connectivity index (χ0v) is 10.7. The predicted molar refractivity (Wildman–Crippen MR) is 67.8 cm³/mol. The van der Waals surface area contributed by atoms with Gasteiger partial charge in [0, 0.05) is 12.0 Å². The summed E-state index contributed by atoms with van der Waals surface area (Å²) in [7, 11) is 0. The van der Waals surface area contributed by atoms with Gasteiger partial charge in [0.25, 0.3) is 0 Å². The molecule has 0 spiro atoms. The highest BCUT2D eigenvalue weighted by Gasteiger charge is 2.37. The first-order chi connectivity index (χ1) is 8.77. The van der Waals surface area contributed by atoms with Crippen LogP contribution in [0.2, 0.25) is 0 Å². The van der Waals surface area contributed by atoms with Crippen molar-refractivity contribution in [3.63, 3.8) is 0 Å². The van der Waals surface area contributed by atoms with Crippen LogP contribution in [0.15, 0.2) is 24.3 Å². The summed E-state index contributed by atoms with van der Waals surface area (Å²) in [6, 6.07) is 6.39. The van der Waals surface area contributed by atoms with Gasteiger partial charge in [-0.15, -0.1) is 0 Å². The minimum absolute atomic E-state index is 0.237. The first-order valence-corrected chi connectivity index (χ1v) is 6.51. The molecular formula is C14H20FNO2. The summed E-state index contributed by atoms with van der Waals surface area (Å²) >= 11 is 0. The van der Waals surface area contributed by atoms with E-state index < -0.39 is 5.79 Å². The van der Waals surface area contributed by atoms with E-state index in [1.54, 1.807) is 12.1 Å². The second kappa shape index (κ2) is 6.27. The highest BCUT2D eigenvalue weighted by Crippen LogP contribution is 2.35. The molecule has 0 bridgehead atoms. The van der Waals surface area contributed by atoms with Gasteiger partial charge < -0.3 is 14.8 Å². The molecule has 1 aromatic carbocycles. The van der Waals surface area contributed by atoms with Crippen LogP contribution in [-0.2, 0) is 15.3 Å². The summed E-state index contributed by atoms with van der Waals surface area (Å²) < 4.78 is 24.5. The second-order valence-corrected chi connectivity index (χ2v) is 4.41. The maximum atomic E-state index is 13.0. The van der Waals surface area contributed by atoms with Crippen LogP contribution in [0.1, 0.15) is 25.3 Å². The SMILES string of the molecule is CCNCCCC1(c2ccc(F)cc2)OCCO1. The highest BCUT2D eigenvalue weighted by atomic mass is 19.1. The standard InChI is InChI=1S/C14H20FNO2/c1-2-16-9-3-8-14(17-10-11-18-14)12-4-6-13(15)7-5-12/h4-7,16H,2-3,8-11H2,1H3. The average Bonchev–Trinajstić information content (AvgIpc) is 2.85. The molecular weight excluding hydrogens is 233 g/mol. The molecule has 1 aliphatic rings. The van der Waals surface area contributed by atoms with Gasteiger partial charge in [-0.05, 0) is 31.6 Å². The van der Waals surface area contributed by atoms with Crippen molar-refractivity contribution >= 4 is 0 Å². The molecule has 2 rings (SSSR count). The van der Waals surface area contributed by atoms with Crippen molar-refractivity contribution in [2.24, 2.45) is 0 Å². The lowest BCUT2D eigenvalue weighted by Crippen LogP contribution is -2.28. The predicted octanol–water partition coefficient (Wildman–Crippen LogP) is 2.42. The van der Waals surface area contributed by atoms with Crippen LogP contribution in [-0.4, -0.2) is 26.3 Å². The van der Waals surface area contributed by atoms with Gasteiger partial charge in [0.1, 0.15) is 5.82 Å². The van der Waals surface area contributed by atoms with Crippen LogP contribution in [0.5, 0.6) is 0 Å². The van der Waals surface area contributed by atoms with Crippen molar-refractivity contribution in [2.45, 2.75) is 25.6 Å². The maximum absolute atomic E-state index is 13.0. The molecule has 1 heterocycles. The van der Waals surface area contributed by atoms with Gasteiger partial charge in [0.2, 0.25) is 0 Å². The quantitative estimate of drug-likeness (QED) is 0.790. The number of hydrogen-bond acceptors (Lipinski definition) is 3. The fourth-order valence-corrected chi connectivity index (χ4v) is 2.24. The molecule has 0 aliphatic carbocycles. The van der Waals surface area contributed by atoms with E-state index >= 15 is 0 Å². The number of halogens is 1. The van der Waals surface area contributed by atoms with Crippen molar-refractivity contribution in [1.82, 2.24) is 5.32 Å². The van der Waals surface area contributed by atoms with Gasteiger partial charge in [-0.3, -0.25) is 0 Å². The first kappa shape index (κ1) is 13.5. The van der Waals surface area contributed by atoms with E-state index in [2.05, 4.69) is 12.2 Å². The molecule has 0 radical (unpaired) electrons. The smallest absolute Gasteiger partial charge is 0.195 e. The van der Waals surface area contributed by atoms with Crippen molar-refractivity contribution in [3.05, 3.63) is 35.6 Å². The van der Waals surface area contributed by atoms with Crippen LogP contribution in [0.25, 0.3) is 0 Å². The van der Waals surface area contributed by atoms with Gasteiger partial charge in [-0.25, -0.2) is 4.39 Å². The Morgan fingerprint density at radius 1 is 1.22 bits per heavy atom. The minimum atomic E-state index is -0.677. The molecule has 0 unspecified atom stereocenters. The number of nitrogens with one attached hydrogen (secondary N) is 1. The normalized spacial score (nSPS) is 18.1. The zero-order valence-electron chi connectivity index (χ0n) is 10.7. The Bertz CT molecular complexity index is 361. The molecule has 18 heavy (non-hydrogen) atoms. The van der Waals surface area contributed by atoms with E-state index in [0.29, 0.717) is 13.2 Å². The third-order valence-corrected chi connectivity index (χ3v) is 3.15. The molecule has 1 aromatic rings. The molecule has 4 heteroatoms. The molecule has 1 aliphatic heterocycles.